The summed E-state index contributed by atoms with van der Waals surface area (Å²) in [6, 6.07) is 0.0178. The maximum atomic E-state index is 12.3. The fourth-order valence-electron chi connectivity index (χ4n) is 3.52. The number of carbonyl (C=O) groups is 4. The lowest BCUT2D eigenvalue weighted by Gasteiger charge is -2.20. The summed E-state index contributed by atoms with van der Waals surface area (Å²) in [5.41, 5.74) is 0. The van der Waals surface area contributed by atoms with Gasteiger partial charge in [-0.2, -0.15) is 0 Å². The molecule has 1 N–H and O–H groups in total. The highest BCUT2D eigenvalue weighted by molar-refractivity contribution is 6.05. The number of fused-ring (bicyclic) bond motifs is 1. The van der Waals surface area contributed by atoms with Gasteiger partial charge in [-0.3, -0.25) is 24.1 Å². The van der Waals surface area contributed by atoms with Gasteiger partial charge in [0.1, 0.15) is 0 Å². The molecular weight excluding hydrogens is 310 g/mol. The van der Waals surface area contributed by atoms with Crippen molar-refractivity contribution < 1.29 is 19.2 Å². The predicted molar refractivity (Wildman–Crippen MR) is 87.7 cm³/mol. The van der Waals surface area contributed by atoms with E-state index in [1.807, 2.05) is 13.8 Å². The largest absolute Gasteiger partial charge is 0.352 e. The molecule has 0 aromatic carbocycles. The Bertz CT molecular complexity index is 508. The van der Waals surface area contributed by atoms with Crippen LogP contribution in [0, 0.1) is 11.8 Å². The van der Waals surface area contributed by atoms with Gasteiger partial charge in [0, 0.05) is 26.1 Å². The van der Waals surface area contributed by atoms with Crippen molar-refractivity contribution in [1.29, 1.82) is 0 Å². The molecule has 2 rings (SSSR count). The van der Waals surface area contributed by atoms with Gasteiger partial charge in [0.15, 0.2) is 0 Å². The topological polar surface area (TPSA) is 86.8 Å². The summed E-state index contributed by atoms with van der Waals surface area (Å²) in [5, 5.41) is 2.72. The first-order valence-corrected chi connectivity index (χ1v) is 8.69. The molecule has 1 saturated heterocycles. The van der Waals surface area contributed by atoms with Crippen molar-refractivity contribution in [2.45, 2.75) is 52.0 Å². The molecule has 24 heavy (non-hydrogen) atoms. The van der Waals surface area contributed by atoms with Crippen molar-refractivity contribution in [3.8, 4) is 0 Å². The number of rotatable bonds is 6. The van der Waals surface area contributed by atoms with Gasteiger partial charge < -0.3 is 10.2 Å². The Hall–Kier alpha value is -1.92. The summed E-state index contributed by atoms with van der Waals surface area (Å²) in [6.07, 6.45) is 3.58. The van der Waals surface area contributed by atoms with Gasteiger partial charge >= 0.3 is 0 Å². The van der Waals surface area contributed by atoms with Crippen LogP contribution in [0.2, 0.25) is 0 Å². The van der Waals surface area contributed by atoms with Crippen LogP contribution in [0.5, 0.6) is 0 Å². The molecule has 0 unspecified atom stereocenters. The van der Waals surface area contributed by atoms with E-state index in [2.05, 4.69) is 5.32 Å². The van der Waals surface area contributed by atoms with Crippen LogP contribution in [0.1, 0.15) is 46.0 Å². The standard InChI is InChI=1S/C17H27N3O4/c1-11(2)18-14(21)10-19(3)15(22)8-9-20-16(23)12-6-4-5-7-13(12)17(20)24/h11-13H,4-10H2,1-3H3,(H,18,21)/t12-,13-/m0/s1. The smallest absolute Gasteiger partial charge is 0.239 e. The van der Waals surface area contributed by atoms with Crippen LogP contribution in [0.25, 0.3) is 0 Å². The number of amides is 4. The van der Waals surface area contributed by atoms with Crippen molar-refractivity contribution >= 4 is 23.6 Å². The fourth-order valence-corrected chi connectivity index (χ4v) is 3.52. The van der Waals surface area contributed by atoms with Crippen LogP contribution in [0.15, 0.2) is 0 Å². The zero-order valence-electron chi connectivity index (χ0n) is 14.7. The van der Waals surface area contributed by atoms with Crippen LogP contribution in [-0.2, 0) is 19.2 Å². The van der Waals surface area contributed by atoms with Gasteiger partial charge in [-0.1, -0.05) is 12.8 Å². The van der Waals surface area contributed by atoms with E-state index >= 15 is 0 Å². The highest BCUT2D eigenvalue weighted by Crippen LogP contribution is 2.37. The molecule has 0 aromatic heterocycles. The second-order valence-corrected chi connectivity index (χ2v) is 7.05. The predicted octanol–water partition coefficient (Wildman–Crippen LogP) is 0.535. The number of imide groups is 1. The number of hydrogen-bond acceptors (Lipinski definition) is 4. The number of hydrogen-bond donors (Lipinski definition) is 1. The molecule has 2 aliphatic rings. The molecule has 7 nitrogen and oxygen atoms in total. The first-order valence-electron chi connectivity index (χ1n) is 8.69. The number of nitrogens with one attached hydrogen (secondary N) is 1. The maximum Gasteiger partial charge on any atom is 0.239 e. The van der Waals surface area contributed by atoms with Crippen LogP contribution < -0.4 is 5.32 Å². The molecule has 1 aliphatic heterocycles. The number of carbonyl (C=O) groups excluding carboxylic acids is 4. The molecule has 1 aliphatic carbocycles. The monoisotopic (exact) mass is 337 g/mol. The molecule has 1 saturated carbocycles. The van der Waals surface area contributed by atoms with E-state index in [-0.39, 0.29) is 61.0 Å². The molecule has 0 radical (unpaired) electrons. The molecule has 2 atom stereocenters. The minimum atomic E-state index is -0.246. The molecule has 134 valence electrons. The van der Waals surface area contributed by atoms with Crippen LogP contribution in [0.3, 0.4) is 0 Å². The van der Waals surface area contributed by atoms with Gasteiger partial charge in [0.05, 0.1) is 18.4 Å². The van der Waals surface area contributed by atoms with Crippen LogP contribution in [0.4, 0.5) is 0 Å². The van der Waals surface area contributed by atoms with Crippen molar-refractivity contribution in [1.82, 2.24) is 15.1 Å². The molecule has 0 bridgehead atoms. The van der Waals surface area contributed by atoms with Crippen molar-refractivity contribution in [3.05, 3.63) is 0 Å². The summed E-state index contributed by atoms with van der Waals surface area (Å²) in [4.78, 5) is 51.1. The number of nitrogens with zero attached hydrogens (tertiary/aromatic N) is 2. The SMILES string of the molecule is CC(C)NC(=O)CN(C)C(=O)CCN1C(=O)[C@H]2CCCC[C@@H]2C1=O. The van der Waals surface area contributed by atoms with Crippen molar-refractivity contribution in [2.24, 2.45) is 11.8 Å². The van der Waals surface area contributed by atoms with E-state index in [0.29, 0.717) is 0 Å². The minimum absolute atomic E-state index is 0.0178. The fraction of sp³-hybridized carbons (Fsp3) is 0.765. The van der Waals surface area contributed by atoms with Gasteiger partial charge in [-0.05, 0) is 26.7 Å². The van der Waals surface area contributed by atoms with Gasteiger partial charge in [-0.25, -0.2) is 0 Å². The Kier molecular flexibility index (Phi) is 5.96. The zero-order valence-corrected chi connectivity index (χ0v) is 14.7. The normalized spacial score (nSPS) is 23.4. The second kappa shape index (κ2) is 7.77. The van der Waals surface area contributed by atoms with E-state index in [1.54, 1.807) is 7.05 Å². The van der Waals surface area contributed by atoms with E-state index in [0.717, 1.165) is 25.7 Å². The van der Waals surface area contributed by atoms with Gasteiger partial charge in [-0.15, -0.1) is 0 Å². The third-order valence-electron chi connectivity index (χ3n) is 4.74. The molecule has 2 fully saturated rings. The van der Waals surface area contributed by atoms with Crippen LogP contribution in [-0.4, -0.2) is 59.6 Å². The van der Waals surface area contributed by atoms with E-state index in [9.17, 15) is 19.2 Å². The lowest BCUT2D eigenvalue weighted by Crippen LogP contribution is -2.42. The zero-order chi connectivity index (χ0) is 17.9. The first kappa shape index (κ1) is 18.4. The molecular formula is C17H27N3O4. The third-order valence-corrected chi connectivity index (χ3v) is 4.74. The molecule has 0 spiro atoms. The average molecular weight is 337 g/mol. The Labute approximate surface area is 142 Å². The molecule has 7 heteroatoms. The van der Waals surface area contributed by atoms with Gasteiger partial charge in [0.25, 0.3) is 0 Å². The summed E-state index contributed by atoms with van der Waals surface area (Å²) < 4.78 is 0. The highest BCUT2D eigenvalue weighted by atomic mass is 16.2. The van der Waals surface area contributed by atoms with E-state index in [4.69, 9.17) is 0 Å². The summed E-state index contributed by atoms with van der Waals surface area (Å²) in [5.74, 6) is -1.09. The Morgan fingerprint density at radius 2 is 1.71 bits per heavy atom. The van der Waals surface area contributed by atoms with Crippen molar-refractivity contribution in [2.75, 3.05) is 20.1 Å². The third kappa shape index (κ3) is 4.13. The quantitative estimate of drug-likeness (QED) is 0.717. The van der Waals surface area contributed by atoms with E-state index in [1.165, 1.54) is 9.80 Å². The molecule has 4 amide bonds. The van der Waals surface area contributed by atoms with Crippen molar-refractivity contribution in [3.63, 3.8) is 0 Å². The Morgan fingerprint density at radius 3 is 2.21 bits per heavy atom. The van der Waals surface area contributed by atoms with Gasteiger partial charge in [0.2, 0.25) is 23.6 Å². The number of likely N-dealkylation sites (N-methyl/N-ethyl adjacent to an activating group) is 1. The first-order chi connectivity index (χ1) is 11.3. The summed E-state index contributed by atoms with van der Waals surface area (Å²) >= 11 is 0. The second-order valence-electron chi connectivity index (χ2n) is 7.05. The lowest BCUT2D eigenvalue weighted by atomic mass is 9.81. The maximum absolute atomic E-state index is 12.3. The lowest BCUT2D eigenvalue weighted by molar-refractivity contribution is -0.141. The molecule has 1 heterocycles. The Morgan fingerprint density at radius 1 is 1.17 bits per heavy atom. The minimum Gasteiger partial charge on any atom is -0.352 e. The molecule has 0 aromatic rings. The summed E-state index contributed by atoms with van der Waals surface area (Å²) in [7, 11) is 1.55. The van der Waals surface area contributed by atoms with Crippen LogP contribution >= 0.6 is 0 Å². The highest BCUT2D eigenvalue weighted by Gasteiger charge is 2.47. The average Bonchev–Trinajstić information content (AvgIpc) is 2.76. The Balaban J connectivity index is 1.84. The van der Waals surface area contributed by atoms with E-state index < -0.39 is 0 Å². The number of likely N-dealkylation sites (tertiary alicyclic amines) is 1. The summed E-state index contributed by atoms with van der Waals surface area (Å²) in [6.45, 7) is 3.79.